The van der Waals surface area contributed by atoms with Crippen LogP contribution in [0.3, 0.4) is 0 Å². The van der Waals surface area contributed by atoms with Gasteiger partial charge >= 0.3 is 0 Å². The second kappa shape index (κ2) is 4.94. The van der Waals surface area contributed by atoms with Crippen LogP contribution in [0.1, 0.15) is 20.3 Å². The lowest BCUT2D eigenvalue weighted by atomic mass is 10.1. The standard InChI is InChI=1S/C6H14OSSi/c1-3-5(2)6(8)7-4-9/h5H,3-4H2,1-2,9H3. The molecule has 0 aromatic carbocycles. The second-order valence-electron chi connectivity index (χ2n) is 2.06. The summed E-state index contributed by atoms with van der Waals surface area (Å²) in [6.07, 6.45) is 1.92. The van der Waals surface area contributed by atoms with Crippen molar-refractivity contribution < 1.29 is 4.74 Å². The van der Waals surface area contributed by atoms with E-state index >= 15 is 0 Å². The first-order chi connectivity index (χ1) is 4.22. The van der Waals surface area contributed by atoms with Gasteiger partial charge in [0.05, 0.1) is 16.5 Å². The van der Waals surface area contributed by atoms with Crippen molar-refractivity contribution in [1.82, 2.24) is 0 Å². The van der Waals surface area contributed by atoms with Crippen molar-refractivity contribution in [2.24, 2.45) is 5.92 Å². The average Bonchev–Trinajstić information content (AvgIpc) is 1.87. The monoisotopic (exact) mass is 162 g/mol. The quantitative estimate of drug-likeness (QED) is 0.446. The van der Waals surface area contributed by atoms with E-state index in [1.54, 1.807) is 0 Å². The minimum atomic E-state index is 0.453. The van der Waals surface area contributed by atoms with E-state index in [4.69, 9.17) is 17.0 Å². The maximum absolute atomic E-state index is 5.19. The van der Waals surface area contributed by atoms with Gasteiger partial charge in [-0.15, -0.1) is 0 Å². The van der Waals surface area contributed by atoms with Crippen LogP contribution in [0.15, 0.2) is 0 Å². The minimum Gasteiger partial charge on any atom is -0.491 e. The van der Waals surface area contributed by atoms with E-state index in [0.29, 0.717) is 5.92 Å². The van der Waals surface area contributed by atoms with Crippen LogP contribution in [-0.2, 0) is 4.74 Å². The highest BCUT2D eigenvalue weighted by Crippen LogP contribution is 2.04. The Morgan fingerprint density at radius 3 is 2.67 bits per heavy atom. The maximum Gasteiger partial charge on any atom is 0.161 e. The molecular formula is C6H14OSSi. The predicted octanol–water partition coefficient (Wildman–Crippen LogP) is 0.699. The van der Waals surface area contributed by atoms with Gasteiger partial charge in [0.15, 0.2) is 5.05 Å². The number of thiocarbonyl (C=S) groups is 1. The van der Waals surface area contributed by atoms with Gasteiger partial charge in [-0.3, -0.25) is 0 Å². The van der Waals surface area contributed by atoms with Crippen molar-refractivity contribution in [2.75, 3.05) is 6.23 Å². The number of hydrogen-bond acceptors (Lipinski definition) is 2. The molecule has 0 heterocycles. The topological polar surface area (TPSA) is 9.23 Å². The summed E-state index contributed by atoms with van der Waals surface area (Å²) in [5.74, 6) is 0.453. The van der Waals surface area contributed by atoms with Crippen LogP contribution in [0.25, 0.3) is 0 Å². The summed E-state index contributed by atoms with van der Waals surface area (Å²) in [5, 5.41) is 0.785. The van der Waals surface area contributed by atoms with Crippen molar-refractivity contribution in [3.8, 4) is 0 Å². The molecule has 1 unspecified atom stereocenters. The van der Waals surface area contributed by atoms with Crippen LogP contribution in [0.4, 0.5) is 0 Å². The fraction of sp³-hybridized carbons (Fsp3) is 0.833. The first-order valence-corrected chi connectivity index (χ1v) is 5.21. The molecule has 0 aromatic heterocycles. The lowest BCUT2D eigenvalue weighted by Crippen LogP contribution is -2.12. The lowest BCUT2D eigenvalue weighted by molar-refractivity contribution is 0.356. The molecule has 0 N–H and O–H groups in total. The van der Waals surface area contributed by atoms with Crippen LogP contribution in [-0.4, -0.2) is 21.5 Å². The van der Waals surface area contributed by atoms with Gasteiger partial charge < -0.3 is 4.74 Å². The molecule has 0 amide bonds. The molecule has 1 atom stereocenters. The molecule has 0 spiro atoms. The fourth-order valence-electron chi connectivity index (χ4n) is 0.451. The third-order valence-corrected chi connectivity index (χ3v) is 2.11. The van der Waals surface area contributed by atoms with Crippen LogP contribution < -0.4 is 0 Å². The van der Waals surface area contributed by atoms with Gasteiger partial charge in [-0.1, -0.05) is 13.8 Å². The van der Waals surface area contributed by atoms with E-state index < -0.39 is 0 Å². The summed E-state index contributed by atoms with van der Waals surface area (Å²) in [6.45, 7) is 4.22. The molecule has 3 heteroatoms. The Morgan fingerprint density at radius 2 is 2.33 bits per heavy atom. The Kier molecular flexibility index (Phi) is 5.00. The molecule has 1 nitrogen and oxygen atoms in total. The normalized spacial score (nSPS) is 13.1. The summed E-state index contributed by atoms with van der Waals surface area (Å²) in [5.41, 5.74) is 0. The Hall–Kier alpha value is 0.107. The molecule has 0 aromatic rings. The van der Waals surface area contributed by atoms with Gasteiger partial charge in [-0.25, -0.2) is 0 Å². The Morgan fingerprint density at radius 1 is 1.78 bits per heavy atom. The summed E-state index contributed by atoms with van der Waals surface area (Å²) >= 11 is 4.97. The third kappa shape index (κ3) is 3.65. The van der Waals surface area contributed by atoms with Crippen molar-refractivity contribution in [3.63, 3.8) is 0 Å². The minimum absolute atomic E-state index is 0.453. The third-order valence-electron chi connectivity index (χ3n) is 1.30. The molecule has 9 heavy (non-hydrogen) atoms. The van der Waals surface area contributed by atoms with Gasteiger partial charge in [0.2, 0.25) is 0 Å². The number of rotatable bonds is 3. The Balaban J connectivity index is 3.46. The summed E-state index contributed by atoms with van der Waals surface area (Å²) < 4.78 is 5.19. The summed E-state index contributed by atoms with van der Waals surface area (Å²) in [4.78, 5) is 0. The summed E-state index contributed by atoms with van der Waals surface area (Å²) in [7, 11) is 1.08. The molecule has 0 aliphatic rings. The van der Waals surface area contributed by atoms with Crippen LogP contribution in [0, 0.1) is 5.92 Å². The molecule has 0 aliphatic carbocycles. The SMILES string of the molecule is CCC(C)C(=S)OC[SiH3]. The van der Waals surface area contributed by atoms with Crippen LogP contribution in [0.5, 0.6) is 0 Å². The van der Waals surface area contributed by atoms with Gasteiger partial charge in [0.25, 0.3) is 0 Å². The fourth-order valence-corrected chi connectivity index (χ4v) is 1.26. The van der Waals surface area contributed by atoms with Gasteiger partial charge in [-0.05, 0) is 18.6 Å². The number of hydrogen-bond donors (Lipinski definition) is 0. The van der Waals surface area contributed by atoms with E-state index in [1.807, 2.05) is 0 Å². The van der Waals surface area contributed by atoms with E-state index in [2.05, 4.69) is 13.8 Å². The van der Waals surface area contributed by atoms with E-state index in [1.165, 1.54) is 0 Å². The van der Waals surface area contributed by atoms with E-state index in [9.17, 15) is 0 Å². The summed E-state index contributed by atoms with van der Waals surface area (Å²) in [6, 6.07) is 0. The zero-order valence-corrected chi connectivity index (χ0v) is 9.12. The molecule has 0 saturated carbocycles. The van der Waals surface area contributed by atoms with Crippen LogP contribution >= 0.6 is 12.2 Å². The van der Waals surface area contributed by atoms with Crippen LogP contribution in [0.2, 0.25) is 0 Å². The second-order valence-corrected chi connectivity index (χ2v) is 3.04. The molecular weight excluding hydrogens is 148 g/mol. The lowest BCUT2D eigenvalue weighted by Gasteiger charge is -2.09. The van der Waals surface area contributed by atoms with Crippen molar-refractivity contribution in [2.45, 2.75) is 20.3 Å². The molecule has 0 rings (SSSR count). The first-order valence-electron chi connectivity index (χ1n) is 3.39. The highest BCUT2D eigenvalue weighted by molar-refractivity contribution is 7.80. The van der Waals surface area contributed by atoms with Crippen molar-refractivity contribution in [1.29, 1.82) is 0 Å². The smallest absolute Gasteiger partial charge is 0.161 e. The number of ether oxygens (including phenoxy) is 1. The molecule has 0 saturated heterocycles. The highest BCUT2D eigenvalue weighted by Gasteiger charge is 2.04. The van der Waals surface area contributed by atoms with Gasteiger partial charge in [0, 0.05) is 5.92 Å². The van der Waals surface area contributed by atoms with E-state index in [0.717, 1.165) is 27.9 Å². The van der Waals surface area contributed by atoms with Gasteiger partial charge in [-0.2, -0.15) is 0 Å². The molecule has 54 valence electrons. The Bertz CT molecular complexity index is 95.1. The van der Waals surface area contributed by atoms with Gasteiger partial charge in [0.1, 0.15) is 0 Å². The zero-order chi connectivity index (χ0) is 7.28. The van der Waals surface area contributed by atoms with Crippen molar-refractivity contribution in [3.05, 3.63) is 0 Å². The zero-order valence-electron chi connectivity index (χ0n) is 6.31. The predicted molar refractivity (Wildman–Crippen MR) is 47.9 cm³/mol. The van der Waals surface area contributed by atoms with Crippen molar-refractivity contribution >= 4 is 27.5 Å². The Labute approximate surface area is 65.2 Å². The molecule has 0 radical (unpaired) electrons. The molecule has 0 bridgehead atoms. The largest absolute Gasteiger partial charge is 0.491 e. The average molecular weight is 162 g/mol. The highest BCUT2D eigenvalue weighted by atomic mass is 32.1. The molecule has 0 fully saturated rings. The maximum atomic E-state index is 5.19. The van der Waals surface area contributed by atoms with E-state index in [-0.39, 0.29) is 0 Å². The molecule has 0 aliphatic heterocycles. The first kappa shape index (κ1) is 9.11.